The molecule has 0 rings (SSSR count). The predicted molar refractivity (Wildman–Crippen MR) is 56.6 cm³/mol. The van der Waals surface area contributed by atoms with Crippen LogP contribution in [0.2, 0.25) is 0 Å². The summed E-state index contributed by atoms with van der Waals surface area (Å²) in [4.78, 5) is 0. The van der Waals surface area contributed by atoms with Gasteiger partial charge in [-0.2, -0.15) is 0 Å². The normalized spacial score (nSPS) is 9.91. The van der Waals surface area contributed by atoms with Crippen LogP contribution < -0.4 is 5.32 Å². The third kappa shape index (κ3) is 25.8. The summed E-state index contributed by atoms with van der Waals surface area (Å²) in [5.41, 5.74) is 2.01. The fourth-order valence-corrected chi connectivity index (χ4v) is 1.02. The van der Waals surface area contributed by atoms with Crippen molar-refractivity contribution in [2.24, 2.45) is 0 Å². The van der Waals surface area contributed by atoms with Crippen molar-refractivity contribution >= 4 is 9.68 Å². The van der Waals surface area contributed by atoms with Gasteiger partial charge in [0.25, 0.3) is 0 Å². The number of hydrogen-bond donors (Lipinski definition) is 1. The number of rotatable bonds is 4. The molecule has 0 spiro atoms. The maximum Gasteiger partial charge on any atom is 0.118 e. The SMILES string of the molecule is C=C[SiH2]N(C)C.CCNCC. The maximum absolute atomic E-state index is 3.62. The van der Waals surface area contributed by atoms with Crippen LogP contribution in [0.5, 0.6) is 0 Å². The Bertz CT molecular complexity index is 72.5. The zero-order valence-electron chi connectivity index (χ0n) is 8.35. The molecule has 0 radical (unpaired) electrons. The van der Waals surface area contributed by atoms with E-state index < -0.39 is 0 Å². The van der Waals surface area contributed by atoms with Gasteiger partial charge in [-0.25, -0.2) is 0 Å². The summed E-state index contributed by atoms with van der Waals surface area (Å²) in [7, 11) is 4.11. The third-order valence-corrected chi connectivity index (χ3v) is 1.98. The lowest BCUT2D eigenvalue weighted by Gasteiger charge is -2.00. The van der Waals surface area contributed by atoms with Crippen molar-refractivity contribution in [1.29, 1.82) is 0 Å². The average molecular weight is 174 g/mol. The fraction of sp³-hybridized carbons (Fsp3) is 0.750. The van der Waals surface area contributed by atoms with Gasteiger partial charge in [0.15, 0.2) is 0 Å². The summed E-state index contributed by atoms with van der Waals surface area (Å²) in [6.07, 6.45) is 0. The molecule has 1 N–H and O–H groups in total. The zero-order valence-corrected chi connectivity index (χ0v) is 9.77. The van der Waals surface area contributed by atoms with E-state index in [1.165, 1.54) is 0 Å². The lowest BCUT2D eigenvalue weighted by molar-refractivity contribution is 0.668. The van der Waals surface area contributed by atoms with E-state index in [1.54, 1.807) is 0 Å². The van der Waals surface area contributed by atoms with E-state index in [2.05, 4.69) is 44.4 Å². The van der Waals surface area contributed by atoms with Gasteiger partial charge in [0.2, 0.25) is 0 Å². The molecule has 0 unspecified atom stereocenters. The summed E-state index contributed by atoms with van der Waals surface area (Å²) in [5, 5.41) is 3.11. The van der Waals surface area contributed by atoms with Crippen LogP contribution in [-0.4, -0.2) is 41.4 Å². The Hall–Kier alpha value is -0.123. The molecule has 0 saturated heterocycles. The molecular formula is C8H22N2Si. The quantitative estimate of drug-likeness (QED) is 0.620. The summed E-state index contributed by atoms with van der Waals surface area (Å²) in [5.74, 6) is 0. The molecule has 0 aliphatic carbocycles. The second kappa shape index (κ2) is 12.5. The van der Waals surface area contributed by atoms with E-state index in [9.17, 15) is 0 Å². The van der Waals surface area contributed by atoms with Crippen molar-refractivity contribution in [2.45, 2.75) is 13.8 Å². The van der Waals surface area contributed by atoms with Crippen molar-refractivity contribution in [3.63, 3.8) is 0 Å². The molecule has 0 fully saturated rings. The maximum atomic E-state index is 3.62. The Morgan fingerprint density at radius 1 is 1.36 bits per heavy atom. The third-order valence-electron chi connectivity index (χ3n) is 0.994. The second-order valence-electron chi connectivity index (χ2n) is 2.51. The lowest BCUT2D eigenvalue weighted by atomic mass is 10.7. The van der Waals surface area contributed by atoms with Crippen molar-refractivity contribution in [3.8, 4) is 0 Å². The summed E-state index contributed by atoms with van der Waals surface area (Å²) < 4.78 is 2.20. The molecule has 3 heteroatoms. The molecule has 0 heterocycles. The van der Waals surface area contributed by atoms with Crippen LogP contribution in [0.15, 0.2) is 12.3 Å². The van der Waals surface area contributed by atoms with Crippen molar-refractivity contribution in [2.75, 3.05) is 27.2 Å². The first-order chi connectivity index (χ1) is 5.18. The number of hydrogen-bond acceptors (Lipinski definition) is 2. The lowest BCUT2D eigenvalue weighted by Crippen LogP contribution is -2.14. The van der Waals surface area contributed by atoms with E-state index in [-0.39, 0.29) is 9.68 Å². The van der Waals surface area contributed by atoms with Gasteiger partial charge in [-0.05, 0) is 27.2 Å². The van der Waals surface area contributed by atoms with Crippen LogP contribution in [0.25, 0.3) is 0 Å². The van der Waals surface area contributed by atoms with Gasteiger partial charge in [0.1, 0.15) is 9.68 Å². The molecule has 0 atom stereocenters. The highest BCUT2D eigenvalue weighted by atomic mass is 28.2. The molecule has 0 aliphatic heterocycles. The van der Waals surface area contributed by atoms with E-state index in [1.807, 2.05) is 5.70 Å². The average Bonchev–Trinajstić information content (AvgIpc) is 1.90. The minimum absolute atomic E-state index is 0.0463. The van der Waals surface area contributed by atoms with Crippen molar-refractivity contribution in [3.05, 3.63) is 12.3 Å². The smallest absolute Gasteiger partial charge is 0.118 e. The second-order valence-corrected chi connectivity index (χ2v) is 4.72. The topological polar surface area (TPSA) is 15.3 Å². The first-order valence-electron chi connectivity index (χ1n) is 4.15. The molecule has 0 aromatic rings. The largest absolute Gasteiger partial charge is 0.331 e. The Morgan fingerprint density at radius 2 is 1.82 bits per heavy atom. The van der Waals surface area contributed by atoms with Crippen molar-refractivity contribution < 1.29 is 0 Å². The van der Waals surface area contributed by atoms with Gasteiger partial charge in [0.05, 0.1) is 0 Å². The first-order valence-corrected chi connectivity index (χ1v) is 5.60. The van der Waals surface area contributed by atoms with Crippen LogP contribution in [0, 0.1) is 0 Å². The standard InChI is InChI=1S/C4H11NSi.C4H11N/c1-4-6-5(2)3;1-3-5-4-2/h4H,1,6H2,2-3H3;5H,3-4H2,1-2H3. The van der Waals surface area contributed by atoms with E-state index in [0.29, 0.717) is 0 Å². The Morgan fingerprint density at radius 3 is 1.82 bits per heavy atom. The van der Waals surface area contributed by atoms with Crippen LogP contribution in [0.1, 0.15) is 13.8 Å². The summed E-state index contributed by atoms with van der Waals surface area (Å²) in [6.45, 7) is 10.0. The summed E-state index contributed by atoms with van der Waals surface area (Å²) in [6, 6.07) is 0. The molecule has 0 aromatic carbocycles. The van der Waals surface area contributed by atoms with Gasteiger partial charge < -0.3 is 9.88 Å². The van der Waals surface area contributed by atoms with E-state index in [4.69, 9.17) is 0 Å². The molecule has 0 saturated carbocycles. The highest BCUT2D eigenvalue weighted by molar-refractivity contribution is 6.38. The van der Waals surface area contributed by atoms with Crippen LogP contribution in [-0.2, 0) is 0 Å². The minimum Gasteiger partial charge on any atom is -0.331 e. The zero-order chi connectivity index (χ0) is 9.11. The molecular weight excluding hydrogens is 152 g/mol. The molecule has 0 amide bonds. The predicted octanol–water partition coefficient (Wildman–Crippen LogP) is 0.391. The minimum atomic E-state index is -0.0463. The molecule has 0 bridgehead atoms. The van der Waals surface area contributed by atoms with E-state index in [0.717, 1.165) is 13.1 Å². The summed E-state index contributed by atoms with van der Waals surface area (Å²) >= 11 is 0. The highest BCUT2D eigenvalue weighted by Gasteiger charge is 1.77. The van der Waals surface area contributed by atoms with Gasteiger partial charge in [-0.15, -0.1) is 6.58 Å². The molecule has 0 aromatic heterocycles. The molecule has 0 aliphatic rings. The van der Waals surface area contributed by atoms with Gasteiger partial charge >= 0.3 is 0 Å². The molecule has 11 heavy (non-hydrogen) atoms. The highest BCUT2D eigenvalue weighted by Crippen LogP contribution is 1.64. The van der Waals surface area contributed by atoms with Crippen LogP contribution in [0.4, 0.5) is 0 Å². The molecule has 2 nitrogen and oxygen atoms in total. The van der Waals surface area contributed by atoms with E-state index >= 15 is 0 Å². The Labute approximate surface area is 73.6 Å². The number of nitrogens with one attached hydrogen (secondary N) is 1. The Kier molecular flexibility index (Phi) is 15.4. The van der Waals surface area contributed by atoms with Crippen molar-refractivity contribution in [1.82, 2.24) is 9.88 Å². The van der Waals surface area contributed by atoms with Crippen LogP contribution in [0.3, 0.4) is 0 Å². The molecule has 68 valence electrons. The first kappa shape index (κ1) is 13.5. The Balaban J connectivity index is 0. The number of nitrogens with zero attached hydrogens (tertiary/aromatic N) is 1. The van der Waals surface area contributed by atoms with Gasteiger partial charge in [-0.1, -0.05) is 19.5 Å². The fourth-order valence-electron chi connectivity index (χ4n) is 0.508. The monoisotopic (exact) mass is 174 g/mol. The van der Waals surface area contributed by atoms with Crippen LogP contribution >= 0.6 is 0 Å². The van der Waals surface area contributed by atoms with Gasteiger partial charge in [0, 0.05) is 0 Å². The van der Waals surface area contributed by atoms with Gasteiger partial charge in [-0.3, -0.25) is 0 Å².